The van der Waals surface area contributed by atoms with Crippen LogP contribution in [0.3, 0.4) is 0 Å². The van der Waals surface area contributed by atoms with E-state index in [1.54, 1.807) is 46.1 Å². The molecule has 21 heavy (non-hydrogen) atoms. The van der Waals surface area contributed by atoms with Crippen LogP contribution >= 0.6 is 11.8 Å². The van der Waals surface area contributed by atoms with Crippen molar-refractivity contribution in [3.8, 4) is 0 Å². The fourth-order valence-electron chi connectivity index (χ4n) is 1.43. The number of carbonyl (C=O) groups excluding carboxylic acids is 1. The van der Waals surface area contributed by atoms with Gasteiger partial charge in [-0.1, -0.05) is 6.08 Å². The molecule has 1 rings (SSSR count). The highest BCUT2D eigenvalue weighted by Gasteiger charge is 2.36. The van der Waals surface area contributed by atoms with Gasteiger partial charge in [0.15, 0.2) is 0 Å². The van der Waals surface area contributed by atoms with Crippen molar-refractivity contribution in [1.29, 1.82) is 0 Å². The Morgan fingerprint density at radius 1 is 1.33 bits per heavy atom. The van der Waals surface area contributed by atoms with Crippen molar-refractivity contribution in [3.63, 3.8) is 0 Å². The van der Waals surface area contributed by atoms with Gasteiger partial charge in [-0.25, -0.2) is 4.79 Å². The number of ether oxygens (including phenoxy) is 1. The molecule has 0 amide bonds. The van der Waals surface area contributed by atoms with Crippen molar-refractivity contribution in [2.45, 2.75) is 19.4 Å². The lowest BCUT2D eigenvalue weighted by Crippen LogP contribution is -2.42. The van der Waals surface area contributed by atoms with E-state index >= 15 is 0 Å². The van der Waals surface area contributed by atoms with Crippen LogP contribution in [0.4, 0.5) is 0 Å². The van der Waals surface area contributed by atoms with Gasteiger partial charge in [0.25, 0.3) is 0 Å². The molecule has 0 spiro atoms. The molecular weight excluding hydrogens is 310 g/mol. The molecule has 0 aromatic carbocycles. The fraction of sp³-hybridized carbons (Fsp3) is 0.692. The van der Waals surface area contributed by atoms with Gasteiger partial charge < -0.3 is 18.0 Å². The topological polar surface area (TPSA) is 66.4 Å². The monoisotopic (exact) mass is 334 g/mol. The van der Waals surface area contributed by atoms with Crippen molar-refractivity contribution in [2.75, 3.05) is 40.2 Å². The predicted molar refractivity (Wildman–Crippen MR) is 86.7 cm³/mol. The molecule has 1 aliphatic rings. The van der Waals surface area contributed by atoms with Crippen LogP contribution < -0.4 is 0 Å². The number of esters is 1. The molecule has 6 nitrogen and oxygen atoms in total. The third-order valence-corrected chi connectivity index (χ3v) is 6.02. The second kappa shape index (κ2) is 13.0. The molecule has 0 bridgehead atoms. The maximum Gasteiger partial charge on any atom is 0.500 e. The third-order valence-electron chi connectivity index (χ3n) is 2.54. The summed E-state index contributed by atoms with van der Waals surface area (Å²) in [6.45, 7) is 3.08. The Morgan fingerprint density at radius 2 is 2.00 bits per heavy atom. The van der Waals surface area contributed by atoms with Gasteiger partial charge in [0, 0.05) is 45.7 Å². The van der Waals surface area contributed by atoms with Crippen molar-refractivity contribution >= 4 is 32.1 Å². The van der Waals surface area contributed by atoms with Crippen LogP contribution in [-0.2, 0) is 22.8 Å². The van der Waals surface area contributed by atoms with E-state index in [1.807, 2.05) is 0 Å². The van der Waals surface area contributed by atoms with Crippen molar-refractivity contribution < 1.29 is 22.8 Å². The average Bonchev–Trinajstić information content (AvgIpc) is 3.08. The molecular formula is C13H24NO5SSi. The summed E-state index contributed by atoms with van der Waals surface area (Å²) >= 11 is 1.66. The zero-order valence-electron chi connectivity index (χ0n) is 13.1. The smallest absolute Gasteiger partial charge is 0.463 e. The summed E-state index contributed by atoms with van der Waals surface area (Å²) in [6, 6.07) is 0.625. The molecule has 0 N–H and O–H groups in total. The normalized spacial score (nSPS) is 14.1. The first-order valence-corrected chi connectivity index (χ1v) is 9.54. The van der Waals surface area contributed by atoms with E-state index in [0.29, 0.717) is 19.1 Å². The van der Waals surface area contributed by atoms with Crippen LogP contribution in [-0.4, -0.2) is 60.6 Å². The van der Waals surface area contributed by atoms with E-state index in [-0.39, 0.29) is 5.97 Å². The molecule has 1 heterocycles. The number of hydrogen-bond acceptors (Lipinski definition) is 7. The minimum atomic E-state index is -2.52. The lowest BCUT2D eigenvalue weighted by molar-refractivity contribution is -0.137. The van der Waals surface area contributed by atoms with Gasteiger partial charge in [-0.05, 0) is 13.3 Å². The van der Waals surface area contributed by atoms with E-state index in [4.69, 9.17) is 18.0 Å². The zero-order chi connectivity index (χ0) is 16.0. The summed E-state index contributed by atoms with van der Waals surface area (Å²) in [5.41, 5.74) is 2.76. The Kier molecular flexibility index (Phi) is 12.6. The fourth-order valence-corrected chi connectivity index (χ4v) is 3.58. The molecule has 0 saturated heterocycles. The second-order valence-corrected chi connectivity index (χ2v) is 7.86. The Hall–Kier alpha value is -0.673. The van der Waals surface area contributed by atoms with Gasteiger partial charge >= 0.3 is 14.8 Å². The number of hydrogen-bond donors (Lipinski definition) is 0. The van der Waals surface area contributed by atoms with Gasteiger partial charge in [0.2, 0.25) is 0 Å². The quantitative estimate of drug-likeness (QED) is 0.293. The SMILES string of the molecule is CC=CC(=O)OCCC[Si](OC)(OC)OC.[C]1=NCCS1. The summed E-state index contributed by atoms with van der Waals surface area (Å²) < 4.78 is 20.6. The first-order valence-electron chi connectivity index (χ1n) is 6.62. The first kappa shape index (κ1) is 20.3. The highest BCUT2D eigenvalue weighted by molar-refractivity contribution is 8.12. The molecule has 1 radical (unpaired) electrons. The summed E-state index contributed by atoms with van der Waals surface area (Å²) in [7, 11) is 2.16. The van der Waals surface area contributed by atoms with Gasteiger partial charge in [0.05, 0.1) is 6.61 Å². The Balaban J connectivity index is 0.000000662. The third kappa shape index (κ3) is 9.80. The van der Waals surface area contributed by atoms with E-state index in [2.05, 4.69) is 10.5 Å². The highest BCUT2D eigenvalue weighted by Crippen LogP contribution is 2.14. The Morgan fingerprint density at radius 3 is 2.38 bits per heavy atom. The average molecular weight is 334 g/mol. The molecule has 0 aromatic heterocycles. The van der Waals surface area contributed by atoms with Gasteiger partial charge in [-0.3, -0.25) is 4.99 Å². The van der Waals surface area contributed by atoms with Crippen molar-refractivity contribution in [2.24, 2.45) is 4.99 Å². The molecule has 0 atom stereocenters. The maximum atomic E-state index is 11.0. The molecule has 121 valence electrons. The summed E-state index contributed by atoms with van der Waals surface area (Å²) in [4.78, 5) is 14.8. The summed E-state index contributed by atoms with van der Waals surface area (Å²) in [5, 5.41) is 0. The maximum absolute atomic E-state index is 11.0. The van der Waals surface area contributed by atoms with E-state index in [1.165, 1.54) is 6.08 Å². The lowest BCUT2D eigenvalue weighted by Gasteiger charge is -2.23. The molecule has 0 unspecified atom stereocenters. The Labute approximate surface area is 132 Å². The minimum Gasteiger partial charge on any atom is -0.463 e. The first-order chi connectivity index (χ1) is 10.1. The number of aliphatic imine (C=N–C) groups is 1. The van der Waals surface area contributed by atoms with Crippen LogP contribution in [0.25, 0.3) is 0 Å². The number of carbonyl (C=O) groups is 1. The van der Waals surface area contributed by atoms with Crippen molar-refractivity contribution in [1.82, 2.24) is 0 Å². The molecule has 0 saturated carbocycles. The molecule has 1 aliphatic heterocycles. The van der Waals surface area contributed by atoms with Crippen LogP contribution in [0.2, 0.25) is 6.04 Å². The molecule has 0 aromatic rings. The van der Waals surface area contributed by atoms with E-state index < -0.39 is 8.80 Å². The van der Waals surface area contributed by atoms with Gasteiger partial charge in [-0.2, -0.15) is 0 Å². The largest absolute Gasteiger partial charge is 0.500 e. The van der Waals surface area contributed by atoms with Crippen LogP contribution in [0.5, 0.6) is 0 Å². The van der Waals surface area contributed by atoms with Gasteiger partial charge in [0.1, 0.15) is 5.55 Å². The summed E-state index contributed by atoms with van der Waals surface area (Å²) in [6.07, 6.45) is 3.68. The van der Waals surface area contributed by atoms with Crippen LogP contribution in [0.1, 0.15) is 13.3 Å². The number of allylic oxidation sites excluding steroid dienone is 1. The van der Waals surface area contributed by atoms with Gasteiger partial charge in [-0.15, -0.1) is 11.8 Å². The molecule has 0 aliphatic carbocycles. The number of thioether (sulfide) groups is 1. The minimum absolute atomic E-state index is 0.331. The second-order valence-electron chi connectivity index (χ2n) is 3.89. The molecule has 8 heteroatoms. The summed E-state index contributed by atoms with van der Waals surface area (Å²) in [5.74, 6) is 0.807. The zero-order valence-corrected chi connectivity index (χ0v) is 14.9. The standard InChI is InChI=1S/C10H20O5Si.C3H4NS/c1-5-7-10(11)15-8-6-9-16(12-2,13-3)14-4;1-2-5-3-4-1/h5,7H,6,8-9H2,1-4H3;1-2H2. The predicted octanol–water partition coefficient (Wildman–Crippen LogP) is 2.01. The highest BCUT2D eigenvalue weighted by atomic mass is 32.2. The lowest BCUT2D eigenvalue weighted by atomic mass is 10.5. The Bertz CT molecular complexity index is 320. The number of nitrogens with zero attached hydrogens (tertiary/aromatic N) is 1. The van der Waals surface area contributed by atoms with Crippen molar-refractivity contribution in [3.05, 3.63) is 12.2 Å². The van der Waals surface area contributed by atoms with Crippen LogP contribution in [0, 0.1) is 0 Å². The van der Waals surface area contributed by atoms with E-state index in [0.717, 1.165) is 12.3 Å². The number of rotatable bonds is 8. The van der Waals surface area contributed by atoms with E-state index in [9.17, 15) is 4.79 Å². The van der Waals surface area contributed by atoms with Crippen LogP contribution in [0.15, 0.2) is 17.1 Å². The molecule has 0 fully saturated rings.